The highest BCUT2D eigenvalue weighted by Crippen LogP contribution is 2.36. The van der Waals surface area contributed by atoms with Gasteiger partial charge in [-0.1, -0.05) is 6.92 Å². The number of fused-ring (bicyclic) bond motifs is 2. The van der Waals surface area contributed by atoms with Crippen molar-refractivity contribution in [1.29, 1.82) is 0 Å². The first-order valence-corrected chi connectivity index (χ1v) is 4.79. The standard InChI is InChI=1S/C9H16O4/c1-5-6-2-7(9(4-11)12-6)13-8(5)3-10/h5-11H,2-4H2,1H3/t5-,6-,7-,8+,9-/m1/s1. The second-order valence-electron chi connectivity index (χ2n) is 3.89. The van der Waals surface area contributed by atoms with Gasteiger partial charge in [-0.2, -0.15) is 0 Å². The number of aliphatic hydroxyl groups is 2. The first-order valence-electron chi connectivity index (χ1n) is 4.79. The summed E-state index contributed by atoms with van der Waals surface area (Å²) in [6, 6.07) is 0. The molecule has 2 saturated heterocycles. The predicted octanol–water partition coefficient (Wildman–Crippen LogP) is -0.468. The van der Waals surface area contributed by atoms with Gasteiger partial charge in [0.2, 0.25) is 0 Å². The number of hydrogen-bond donors (Lipinski definition) is 2. The Labute approximate surface area is 77.5 Å². The average Bonchev–Trinajstić information content (AvgIpc) is 2.50. The zero-order chi connectivity index (χ0) is 9.42. The van der Waals surface area contributed by atoms with E-state index in [0.29, 0.717) is 0 Å². The molecule has 2 bridgehead atoms. The van der Waals surface area contributed by atoms with Crippen LogP contribution in [0.1, 0.15) is 13.3 Å². The molecule has 0 aromatic carbocycles. The first kappa shape index (κ1) is 9.40. The third-order valence-corrected chi connectivity index (χ3v) is 3.11. The van der Waals surface area contributed by atoms with Gasteiger partial charge >= 0.3 is 0 Å². The van der Waals surface area contributed by atoms with Crippen LogP contribution < -0.4 is 0 Å². The lowest BCUT2D eigenvalue weighted by Crippen LogP contribution is -2.41. The summed E-state index contributed by atoms with van der Waals surface area (Å²) in [5.74, 6) is 0.220. The van der Waals surface area contributed by atoms with E-state index in [4.69, 9.17) is 19.7 Å². The van der Waals surface area contributed by atoms with Gasteiger partial charge in [0.15, 0.2) is 0 Å². The Morgan fingerprint density at radius 3 is 2.31 bits per heavy atom. The molecule has 2 heterocycles. The molecule has 5 atom stereocenters. The fourth-order valence-electron chi connectivity index (χ4n) is 2.19. The van der Waals surface area contributed by atoms with Gasteiger partial charge < -0.3 is 19.7 Å². The molecular formula is C9H16O4. The number of hydrogen-bond acceptors (Lipinski definition) is 4. The molecule has 0 amide bonds. The normalized spacial score (nSPS) is 49.6. The molecule has 0 aromatic rings. The minimum absolute atomic E-state index is 0.00599. The molecule has 0 saturated carbocycles. The van der Waals surface area contributed by atoms with Crippen molar-refractivity contribution in [3.8, 4) is 0 Å². The monoisotopic (exact) mass is 188 g/mol. The summed E-state index contributed by atoms with van der Waals surface area (Å²) in [6.07, 6.45) is 0.656. The second-order valence-corrected chi connectivity index (χ2v) is 3.89. The Kier molecular flexibility index (Phi) is 2.55. The SMILES string of the molecule is C[C@H]1[C@H](CO)O[C@@H]2C[C@H]1O[C@@H]2CO. The van der Waals surface area contributed by atoms with E-state index in [-0.39, 0.29) is 43.5 Å². The van der Waals surface area contributed by atoms with Crippen LogP contribution in [0.3, 0.4) is 0 Å². The molecule has 0 spiro atoms. The van der Waals surface area contributed by atoms with Gasteiger partial charge in [0, 0.05) is 12.3 Å². The zero-order valence-electron chi connectivity index (χ0n) is 7.72. The molecule has 13 heavy (non-hydrogen) atoms. The molecule has 0 unspecified atom stereocenters. The molecule has 2 aliphatic rings. The maximum atomic E-state index is 9.04. The van der Waals surface area contributed by atoms with E-state index in [1.54, 1.807) is 0 Å². The van der Waals surface area contributed by atoms with Crippen molar-refractivity contribution in [2.24, 2.45) is 5.92 Å². The zero-order valence-corrected chi connectivity index (χ0v) is 7.72. The predicted molar refractivity (Wildman–Crippen MR) is 45.3 cm³/mol. The van der Waals surface area contributed by atoms with Crippen molar-refractivity contribution >= 4 is 0 Å². The van der Waals surface area contributed by atoms with Gasteiger partial charge in [-0.05, 0) is 0 Å². The number of aliphatic hydroxyl groups excluding tert-OH is 2. The summed E-state index contributed by atoms with van der Waals surface area (Å²) >= 11 is 0. The highest BCUT2D eigenvalue weighted by atomic mass is 16.6. The van der Waals surface area contributed by atoms with Crippen molar-refractivity contribution in [2.75, 3.05) is 13.2 Å². The Morgan fingerprint density at radius 2 is 1.69 bits per heavy atom. The number of ether oxygens (including phenoxy) is 2. The average molecular weight is 188 g/mol. The van der Waals surface area contributed by atoms with Gasteiger partial charge in [0.05, 0.1) is 31.5 Å². The quantitative estimate of drug-likeness (QED) is 0.615. The van der Waals surface area contributed by atoms with E-state index < -0.39 is 0 Å². The summed E-state index contributed by atoms with van der Waals surface area (Å²) in [7, 11) is 0. The molecule has 2 N–H and O–H groups in total. The van der Waals surface area contributed by atoms with Gasteiger partial charge in [-0.3, -0.25) is 0 Å². The van der Waals surface area contributed by atoms with Crippen LogP contribution in [0, 0.1) is 5.92 Å². The second kappa shape index (κ2) is 3.53. The van der Waals surface area contributed by atoms with Crippen molar-refractivity contribution in [3.63, 3.8) is 0 Å². The van der Waals surface area contributed by atoms with Gasteiger partial charge in [0.25, 0.3) is 0 Å². The van der Waals surface area contributed by atoms with Gasteiger partial charge in [-0.25, -0.2) is 0 Å². The third kappa shape index (κ3) is 1.48. The fourth-order valence-corrected chi connectivity index (χ4v) is 2.19. The molecule has 0 aromatic heterocycles. The van der Waals surface area contributed by atoms with Gasteiger partial charge in [-0.15, -0.1) is 0 Å². The number of rotatable bonds is 2. The lowest BCUT2D eigenvalue weighted by Gasteiger charge is -2.31. The lowest BCUT2D eigenvalue weighted by molar-refractivity contribution is -0.0919. The molecule has 4 nitrogen and oxygen atoms in total. The molecule has 76 valence electrons. The van der Waals surface area contributed by atoms with Crippen LogP contribution in [0.4, 0.5) is 0 Å². The van der Waals surface area contributed by atoms with E-state index in [2.05, 4.69) is 0 Å². The third-order valence-electron chi connectivity index (χ3n) is 3.11. The Balaban J connectivity index is 2.06. The Hall–Kier alpha value is -0.160. The van der Waals surface area contributed by atoms with Crippen LogP contribution in [0.2, 0.25) is 0 Å². The molecule has 2 aliphatic heterocycles. The fraction of sp³-hybridized carbons (Fsp3) is 1.00. The van der Waals surface area contributed by atoms with Gasteiger partial charge in [0.1, 0.15) is 6.10 Å². The highest BCUT2D eigenvalue weighted by Gasteiger charge is 2.46. The molecular weight excluding hydrogens is 172 g/mol. The summed E-state index contributed by atoms with van der Waals surface area (Å²) in [5.41, 5.74) is 0. The molecule has 2 fully saturated rings. The van der Waals surface area contributed by atoms with Crippen LogP contribution in [0.5, 0.6) is 0 Å². The Morgan fingerprint density at radius 1 is 1.08 bits per heavy atom. The van der Waals surface area contributed by atoms with Crippen LogP contribution in [0.25, 0.3) is 0 Å². The van der Waals surface area contributed by atoms with Crippen LogP contribution in [0.15, 0.2) is 0 Å². The molecule has 2 rings (SSSR count). The topological polar surface area (TPSA) is 58.9 Å². The van der Waals surface area contributed by atoms with Crippen LogP contribution in [-0.2, 0) is 9.47 Å². The summed E-state index contributed by atoms with van der Waals surface area (Å²) in [6.45, 7) is 2.06. The van der Waals surface area contributed by atoms with E-state index in [0.717, 1.165) is 6.42 Å². The van der Waals surface area contributed by atoms with Crippen molar-refractivity contribution < 1.29 is 19.7 Å². The molecule has 4 heteroatoms. The first-order chi connectivity index (χ1) is 6.26. The molecule has 0 aliphatic carbocycles. The van der Waals surface area contributed by atoms with Crippen molar-refractivity contribution in [1.82, 2.24) is 0 Å². The van der Waals surface area contributed by atoms with Crippen molar-refractivity contribution in [2.45, 2.75) is 37.8 Å². The lowest BCUT2D eigenvalue weighted by atomic mass is 9.92. The maximum absolute atomic E-state index is 9.04. The summed E-state index contributed by atoms with van der Waals surface area (Å²) in [5, 5.41) is 18.0. The van der Waals surface area contributed by atoms with E-state index in [1.165, 1.54) is 0 Å². The van der Waals surface area contributed by atoms with E-state index in [1.807, 2.05) is 6.92 Å². The van der Waals surface area contributed by atoms with Crippen LogP contribution >= 0.6 is 0 Å². The van der Waals surface area contributed by atoms with Crippen LogP contribution in [-0.4, -0.2) is 47.8 Å². The van der Waals surface area contributed by atoms with E-state index >= 15 is 0 Å². The smallest absolute Gasteiger partial charge is 0.107 e. The maximum Gasteiger partial charge on any atom is 0.107 e. The minimum atomic E-state index is -0.191. The largest absolute Gasteiger partial charge is 0.394 e. The summed E-state index contributed by atoms with van der Waals surface area (Å²) in [4.78, 5) is 0. The summed E-state index contributed by atoms with van der Waals surface area (Å²) < 4.78 is 11.2. The minimum Gasteiger partial charge on any atom is -0.394 e. The van der Waals surface area contributed by atoms with E-state index in [9.17, 15) is 0 Å². The highest BCUT2D eigenvalue weighted by molar-refractivity contribution is 4.93. The molecule has 0 radical (unpaired) electrons. The van der Waals surface area contributed by atoms with Crippen molar-refractivity contribution in [3.05, 3.63) is 0 Å². The Bertz CT molecular complexity index is 184.